The molecule has 0 bridgehead atoms. The third-order valence-corrected chi connectivity index (χ3v) is 6.79. The Kier molecular flexibility index (Phi) is 9.46. The number of carbonyl (C=O) groups is 2. The fourth-order valence-corrected chi connectivity index (χ4v) is 4.71. The highest BCUT2D eigenvalue weighted by atomic mass is 32.2. The van der Waals surface area contributed by atoms with Gasteiger partial charge in [-0.1, -0.05) is 56.3 Å². The predicted molar refractivity (Wildman–Crippen MR) is 133 cm³/mol. The Balaban J connectivity index is 2.48. The summed E-state index contributed by atoms with van der Waals surface area (Å²) in [7, 11) is -3.74. The third-order valence-electron chi connectivity index (χ3n) is 5.66. The van der Waals surface area contributed by atoms with E-state index in [0.717, 1.165) is 27.3 Å². The van der Waals surface area contributed by atoms with Gasteiger partial charge in [-0.25, -0.2) is 8.42 Å². The van der Waals surface area contributed by atoms with Crippen LogP contribution in [0, 0.1) is 6.92 Å². The Morgan fingerprint density at radius 1 is 0.970 bits per heavy atom. The van der Waals surface area contributed by atoms with Crippen LogP contribution in [-0.4, -0.2) is 50.5 Å². The summed E-state index contributed by atoms with van der Waals surface area (Å²) in [4.78, 5) is 27.9. The minimum atomic E-state index is -3.74. The molecule has 2 aromatic rings. The van der Waals surface area contributed by atoms with E-state index in [0.29, 0.717) is 25.1 Å². The van der Waals surface area contributed by atoms with Crippen LogP contribution in [0.4, 0.5) is 5.69 Å². The minimum absolute atomic E-state index is 0.216. The standard InChI is InChI=1S/C25H35N3O4S/c1-6-20-14-11-12-16-23(20)28(33(5,31)32)18-24(29)27(22(7-2)25(30)26-8-3)17-21-15-10-9-13-19(21)4/h9-16,22H,6-8,17-18H2,1-5H3,(H,26,30)/t22-/m0/s1. The molecule has 2 aromatic carbocycles. The zero-order valence-electron chi connectivity index (χ0n) is 20.2. The molecule has 0 radical (unpaired) electrons. The van der Waals surface area contributed by atoms with Crippen molar-refractivity contribution in [2.24, 2.45) is 0 Å². The molecule has 1 atom stereocenters. The molecule has 0 aromatic heterocycles. The monoisotopic (exact) mass is 473 g/mol. The second-order valence-electron chi connectivity index (χ2n) is 8.02. The first-order valence-corrected chi connectivity index (χ1v) is 13.2. The molecular formula is C25H35N3O4S. The van der Waals surface area contributed by atoms with Gasteiger partial charge in [-0.2, -0.15) is 0 Å². The molecule has 0 aliphatic heterocycles. The van der Waals surface area contributed by atoms with Crippen molar-refractivity contribution in [1.82, 2.24) is 10.2 Å². The van der Waals surface area contributed by atoms with E-state index in [1.807, 2.05) is 64.1 Å². The van der Waals surface area contributed by atoms with Crippen LogP contribution < -0.4 is 9.62 Å². The van der Waals surface area contributed by atoms with E-state index >= 15 is 0 Å². The average Bonchev–Trinajstić information content (AvgIpc) is 2.77. The summed E-state index contributed by atoms with van der Waals surface area (Å²) >= 11 is 0. The second-order valence-corrected chi connectivity index (χ2v) is 9.93. The van der Waals surface area contributed by atoms with E-state index in [1.54, 1.807) is 12.1 Å². The van der Waals surface area contributed by atoms with Crippen molar-refractivity contribution in [3.8, 4) is 0 Å². The van der Waals surface area contributed by atoms with E-state index in [9.17, 15) is 18.0 Å². The lowest BCUT2D eigenvalue weighted by atomic mass is 10.1. The summed E-state index contributed by atoms with van der Waals surface area (Å²) in [5.74, 6) is -0.672. The molecule has 0 saturated carbocycles. The quantitative estimate of drug-likeness (QED) is 0.543. The molecular weight excluding hydrogens is 438 g/mol. The molecule has 8 heteroatoms. The van der Waals surface area contributed by atoms with Gasteiger partial charge in [-0.05, 0) is 49.4 Å². The number of benzene rings is 2. The lowest BCUT2D eigenvalue weighted by Gasteiger charge is -2.33. The molecule has 180 valence electrons. The zero-order valence-corrected chi connectivity index (χ0v) is 21.0. The number of nitrogens with one attached hydrogen (secondary N) is 1. The summed E-state index contributed by atoms with van der Waals surface area (Å²) in [5.41, 5.74) is 3.22. The smallest absolute Gasteiger partial charge is 0.244 e. The number of nitrogens with zero attached hydrogens (tertiary/aromatic N) is 2. The van der Waals surface area contributed by atoms with E-state index in [-0.39, 0.29) is 19.0 Å². The summed E-state index contributed by atoms with van der Waals surface area (Å²) in [6.07, 6.45) is 2.13. The van der Waals surface area contributed by atoms with Gasteiger partial charge in [0, 0.05) is 13.1 Å². The van der Waals surface area contributed by atoms with Crippen molar-refractivity contribution in [3.63, 3.8) is 0 Å². The fraction of sp³-hybridized carbons (Fsp3) is 0.440. The van der Waals surface area contributed by atoms with Crippen LogP contribution in [0.5, 0.6) is 0 Å². The van der Waals surface area contributed by atoms with E-state index < -0.39 is 22.0 Å². The number of hydrogen-bond acceptors (Lipinski definition) is 4. The highest BCUT2D eigenvalue weighted by molar-refractivity contribution is 7.92. The van der Waals surface area contributed by atoms with Crippen LogP contribution in [-0.2, 0) is 32.6 Å². The lowest BCUT2D eigenvalue weighted by Crippen LogP contribution is -2.52. The van der Waals surface area contributed by atoms with Gasteiger partial charge in [0.15, 0.2) is 0 Å². The molecule has 33 heavy (non-hydrogen) atoms. The number of rotatable bonds is 11. The molecule has 0 unspecified atom stereocenters. The van der Waals surface area contributed by atoms with Crippen LogP contribution in [0.15, 0.2) is 48.5 Å². The largest absolute Gasteiger partial charge is 0.355 e. The Hall–Kier alpha value is -2.87. The van der Waals surface area contributed by atoms with Gasteiger partial charge in [-0.3, -0.25) is 13.9 Å². The Morgan fingerprint density at radius 3 is 2.12 bits per heavy atom. The Bertz CT molecular complexity index is 1070. The van der Waals surface area contributed by atoms with Gasteiger partial charge in [-0.15, -0.1) is 0 Å². The van der Waals surface area contributed by atoms with Gasteiger partial charge >= 0.3 is 0 Å². The summed E-state index contributed by atoms with van der Waals surface area (Å²) in [6.45, 7) is 7.84. The number of sulfonamides is 1. The molecule has 0 saturated heterocycles. The summed E-state index contributed by atoms with van der Waals surface area (Å²) < 4.78 is 26.6. The van der Waals surface area contributed by atoms with Gasteiger partial charge in [0.25, 0.3) is 0 Å². The second kappa shape index (κ2) is 11.8. The minimum Gasteiger partial charge on any atom is -0.355 e. The lowest BCUT2D eigenvalue weighted by molar-refractivity contribution is -0.140. The SMILES string of the molecule is CCNC(=O)[C@H](CC)N(Cc1ccccc1C)C(=O)CN(c1ccccc1CC)S(C)(=O)=O. The topological polar surface area (TPSA) is 86.8 Å². The van der Waals surface area contributed by atoms with Crippen molar-refractivity contribution in [2.75, 3.05) is 23.7 Å². The van der Waals surface area contributed by atoms with Crippen molar-refractivity contribution >= 4 is 27.5 Å². The van der Waals surface area contributed by atoms with Crippen LogP contribution in [0.25, 0.3) is 0 Å². The fourth-order valence-electron chi connectivity index (χ4n) is 3.83. The van der Waals surface area contributed by atoms with Crippen LogP contribution in [0.3, 0.4) is 0 Å². The first-order chi connectivity index (χ1) is 15.6. The first kappa shape index (κ1) is 26.4. The highest BCUT2D eigenvalue weighted by Crippen LogP contribution is 2.24. The normalized spacial score (nSPS) is 12.2. The third kappa shape index (κ3) is 6.81. The number of amides is 2. The molecule has 0 aliphatic carbocycles. The predicted octanol–water partition coefficient (Wildman–Crippen LogP) is 3.27. The molecule has 0 aliphatic rings. The Morgan fingerprint density at radius 2 is 1.58 bits per heavy atom. The van der Waals surface area contributed by atoms with E-state index in [4.69, 9.17) is 0 Å². The number of carbonyl (C=O) groups excluding carboxylic acids is 2. The van der Waals surface area contributed by atoms with Crippen LogP contribution >= 0.6 is 0 Å². The maximum absolute atomic E-state index is 13.6. The van der Waals surface area contributed by atoms with E-state index in [1.165, 1.54) is 4.90 Å². The molecule has 7 nitrogen and oxygen atoms in total. The van der Waals surface area contributed by atoms with Gasteiger partial charge < -0.3 is 10.2 Å². The van der Waals surface area contributed by atoms with Crippen molar-refractivity contribution in [1.29, 1.82) is 0 Å². The van der Waals surface area contributed by atoms with Crippen LogP contribution in [0.2, 0.25) is 0 Å². The molecule has 2 rings (SSSR count). The average molecular weight is 474 g/mol. The number of anilines is 1. The van der Waals surface area contributed by atoms with Crippen molar-refractivity contribution < 1.29 is 18.0 Å². The maximum Gasteiger partial charge on any atom is 0.244 e. The summed E-state index contributed by atoms with van der Waals surface area (Å²) in [5, 5.41) is 2.80. The summed E-state index contributed by atoms with van der Waals surface area (Å²) in [6, 6.07) is 14.1. The zero-order chi connectivity index (χ0) is 24.6. The molecule has 0 fully saturated rings. The van der Waals surface area contributed by atoms with Gasteiger partial charge in [0.2, 0.25) is 21.8 Å². The molecule has 0 heterocycles. The van der Waals surface area contributed by atoms with Crippen molar-refractivity contribution in [2.45, 2.75) is 53.1 Å². The molecule has 1 N–H and O–H groups in total. The number of aryl methyl sites for hydroxylation is 2. The van der Waals surface area contributed by atoms with E-state index in [2.05, 4.69) is 5.32 Å². The highest BCUT2D eigenvalue weighted by Gasteiger charge is 2.32. The van der Waals surface area contributed by atoms with Crippen molar-refractivity contribution in [3.05, 3.63) is 65.2 Å². The molecule has 2 amide bonds. The van der Waals surface area contributed by atoms with Gasteiger partial charge in [0.05, 0.1) is 11.9 Å². The van der Waals surface area contributed by atoms with Crippen LogP contribution in [0.1, 0.15) is 43.9 Å². The molecule has 0 spiro atoms. The maximum atomic E-state index is 13.6. The number of para-hydroxylation sites is 1. The van der Waals surface area contributed by atoms with Gasteiger partial charge in [0.1, 0.15) is 12.6 Å². The Labute approximate surface area is 197 Å². The number of hydrogen-bond donors (Lipinski definition) is 1. The first-order valence-electron chi connectivity index (χ1n) is 11.3. The number of likely N-dealkylation sites (N-methyl/N-ethyl adjacent to an activating group) is 1.